The molecule has 1 aliphatic heterocycles. The summed E-state index contributed by atoms with van der Waals surface area (Å²) >= 11 is 0. The van der Waals surface area contributed by atoms with E-state index in [1.807, 2.05) is 12.1 Å². The predicted octanol–water partition coefficient (Wildman–Crippen LogP) is 2.35. The summed E-state index contributed by atoms with van der Waals surface area (Å²) in [6.07, 6.45) is 0. The largest absolute Gasteiger partial charge is 0.508 e. The van der Waals surface area contributed by atoms with E-state index < -0.39 is 0 Å². The molecule has 102 valence electrons. The van der Waals surface area contributed by atoms with Gasteiger partial charge in [0.1, 0.15) is 5.75 Å². The lowest BCUT2D eigenvalue weighted by Crippen LogP contribution is -2.29. The third-order valence-electron chi connectivity index (χ3n) is 3.42. The summed E-state index contributed by atoms with van der Waals surface area (Å²) in [7, 11) is 0. The highest BCUT2D eigenvalue weighted by molar-refractivity contribution is 5.92. The van der Waals surface area contributed by atoms with Crippen LogP contribution >= 0.6 is 0 Å². The first-order valence-electron chi connectivity index (χ1n) is 6.59. The summed E-state index contributed by atoms with van der Waals surface area (Å²) in [5.41, 5.74) is 3.29. The number of hydrogen-bond donors (Lipinski definition) is 2. The Morgan fingerprint density at radius 3 is 2.25 bits per heavy atom. The first kappa shape index (κ1) is 12.7. The van der Waals surface area contributed by atoms with Gasteiger partial charge in [0.15, 0.2) is 0 Å². The van der Waals surface area contributed by atoms with E-state index in [1.54, 1.807) is 24.3 Å². The molecule has 20 heavy (non-hydrogen) atoms. The van der Waals surface area contributed by atoms with E-state index in [0.717, 1.165) is 13.1 Å². The zero-order valence-corrected chi connectivity index (χ0v) is 11.0. The van der Waals surface area contributed by atoms with E-state index in [-0.39, 0.29) is 11.7 Å². The number of aromatic hydroxyl groups is 1. The van der Waals surface area contributed by atoms with Gasteiger partial charge in [-0.25, -0.2) is 0 Å². The van der Waals surface area contributed by atoms with Gasteiger partial charge in [0, 0.05) is 18.8 Å². The number of nitrogens with one attached hydrogen (secondary N) is 1. The van der Waals surface area contributed by atoms with Gasteiger partial charge < -0.3 is 10.4 Å². The highest BCUT2D eigenvalue weighted by Gasteiger charge is 2.20. The van der Waals surface area contributed by atoms with Gasteiger partial charge in [-0.3, -0.25) is 9.69 Å². The second-order valence-electron chi connectivity index (χ2n) is 5.01. The van der Waals surface area contributed by atoms with Crippen LogP contribution in [-0.2, 0) is 17.9 Å². The van der Waals surface area contributed by atoms with Crippen molar-refractivity contribution in [2.75, 3.05) is 11.9 Å². The summed E-state index contributed by atoms with van der Waals surface area (Å²) in [5, 5.41) is 12.0. The maximum Gasteiger partial charge on any atom is 0.238 e. The molecule has 1 heterocycles. The van der Waals surface area contributed by atoms with Crippen molar-refractivity contribution in [1.29, 1.82) is 0 Å². The minimum atomic E-state index is -0.0384. The fourth-order valence-electron chi connectivity index (χ4n) is 2.46. The van der Waals surface area contributed by atoms with Crippen molar-refractivity contribution < 1.29 is 9.90 Å². The molecule has 0 saturated carbocycles. The number of amides is 1. The second-order valence-corrected chi connectivity index (χ2v) is 5.01. The normalized spacial score (nSPS) is 14.0. The molecular formula is C16H16N2O2. The van der Waals surface area contributed by atoms with Crippen molar-refractivity contribution in [3.8, 4) is 5.75 Å². The lowest BCUT2D eigenvalue weighted by Gasteiger charge is -2.14. The molecule has 0 fully saturated rings. The van der Waals surface area contributed by atoms with Crippen molar-refractivity contribution in [2.45, 2.75) is 13.1 Å². The molecule has 0 saturated heterocycles. The highest BCUT2D eigenvalue weighted by atomic mass is 16.3. The van der Waals surface area contributed by atoms with Crippen molar-refractivity contribution in [1.82, 2.24) is 4.90 Å². The van der Waals surface area contributed by atoms with Crippen molar-refractivity contribution in [3.63, 3.8) is 0 Å². The zero-order valence-electron chi connectivity index (χ0n) is 11.0. The van der Waals surface area contributed by atoms with Crippen LogP contribution < -0.4 is 5.32 Å². The van der Waals surface area contributed by atoms with Crippen LogP contribution in [0.1, 0.15) is 11.1 Å². The Labute approximate surface area is 117 Å². The molecule has 0 unspecified atom stereocenters. The summed E-state index contributed by atoms with van der Waals surface area (Å²) in [6, 6.07) is 14.7. The molecule has 0 radical (unpaired) electrons. The quantitative estimate of drug-likeness (QED) is 0.840. The molecule has 0 aromatic heterocycles. The van der Waals surface area contributed by atoms with Gasteiger partial charge in [-0.2, -0.15) is 0 Å². The standard InChI is InChI=1S/C16H16N2O2/c19-15-7-5-14(6-8-15)17-16(20)11-18-9-12-3-1-2-4-13(12)10-18/h1-8,19H,9-11H2,(H,17,20). The monoisotopic (exact) mass is 268 g/mol. The number of anilines is 1. The molecule has 0 atom stereocenters. The van der Waals surface area contributed by atoms with E-state index in [1.165, 1.54) is 11.1 Å². The Bertz CT molecular complexity index is 598. The molecule has 0 aliphatic carbocycles. The lowest BCUT2D eigenvalue weighted by molar-refractivity contribution is -0.117. The topological polar surface area (TPSA) is 52.6 Å². The van der Waals surface area contributed by atoms with Crippen LogP contribution in [-0.4, -0.2) is 22.5 Å². The van der Waals surface area contributed by atoms with E-state index in [2.05, 4.69) is 22.3 Å². The molecule has 0 spiro atoms. The van der Waals surface area contributed by atoms with Crippen LogP contribution in [0.15, 0.2) is 48.5 Å². The van der Waals surface area contributed by atoms with Gasteiger partial charge in [0.05, 0.1) is 6.54 Å². The Morgan fingerprint density at radius 2 is 1.65 bits per heavy atom. The highest BCUT2D eigenvalue weighted by Crippen LogP contribution is 2.22. The minimum absolute atomic E-state index is 0.0384. The van der Waals surface area contributed by atoms with Gasteiger partial charge in [-0.1, -0.05) is 24.3 Å². The van der Waals surface area contributed by atoms with Gasteiger partial charge in [0.2, 0.25) is 5.91 Å². The molecule has 2 aromatic carbocycles. The SMILES string of the molecule is O=C(CN1Cc2ccccc2C1)Nc1ccc(O)cc1. The second kappa shape index (κ2) is 5.35. The summed E-state index contributed by atoms with van der Waals surface area (Å²) in [5.74, 6) is 0.154. The minimum Gasteiger partial charge on any atom is -0.508 e. The summed E-state index contributed by atoms with van der Waals surface area (Å²) < 4.78 is 0. The van der Waals surface area contributed by atoms with Crippen LogP contribution in [0.4, 0.5) is 5.69 Å². The molecular weight excluding hydrogens is 252 g/mol. The average molecular weight is 268 g/mol. The molecule has 1 aliphatic rings. The van der Waals surface area contributed by atoms with Gasteiger partial charge >= 0.3 is 0 Å². The first-order chi connectivity index (χ1) is 9.70. The van der Waals surface area contributed by atoms with Crippen LogP contribution in [0.25, 0.3) is 0 Å². The van der Waals surface area contributed by atoms with Crippen LogP contribution in [0.3, 0.4) is 0 Å². The number of rotatable bonds is 3. The molecule has 0 bridgehead atoms. The van der Waals surface area contributed by atoms with Crippen LogP contribution in [0.2, 0.25) is 0 Å². The van der Waals surface area contributed by atoms with Crippen molar-refractivity contribution >= 4 is 11.6 Å². The Hall–Kier alpha value is -2.33. The number of phenols is 1. The Morgan fingerprint density at radius 1 is 1.05 bits per heavy atom. The number of carbonyl (C=O) groups is 1. The van der Waals surface area contributed by atoms with E-state index in [0.29, 0.717) is 12.2 Å². The average Bonchev–Trinajstić information content (AvgIpc) is 2.83. The number of carbonyl (C=O) groups excluding carboxylic acids is 1. The van der Waals surface area contributed by atoms with Gasteiger partial charge in [-0.05, 0) is 35.4 Å². The first-order valence-corrected chi connectivity index (χ1v) is 6.59. The number of hydrogen-bond acceptors (Lipinski definition) is 3. The number of nitrogens with zero attached hydrogens (tertiary/aromatic N) is 1. The van der Waals surface area contributed by atoms with E-state index >= 15 is 0 Å². The number of fused-ring (bicyclic) bond motifs is 1. The summed E-state index contributed by atoms with van der Waals surface area (Å²) in [4.78, 5) is 14.1. The van der Waals surface area contributed by atoms with E-state index in [4.69, 9.17) is 0 Å². The maximum absolute atomic E-state index is 12.0. The number of phenolic OH excluding ortho intramolecular Hbond substituents is 1. The Kier molecular flexibility index (Phi) is 3.39. The third kappa shape index (κ3) is 2.81. The van der Waals surface area contributed by atoms with E-state index in [9.17, 15) is 9.90 Å². The zero-order chi connectivity index (χ0) is 13.9. The van der Waals surface area contributed by atoms with Crippen LogP contribution in [0.5, 0.6) is 5.75 Å². The summed E-state index contributed by atoms with van der Waals surface area (Å²) in [6.45, 7) is 2.01. The molecule has 4 heteroatoms. The number of benzene rings is 2. The predicted molar refractivity (Wildman–Crippen MR) is 77.3 cm³/mol. The van der Waals surface area contributed by atoms with Crippen molar-refractivity contribution in [3.05, 3.63) is 59.7 Å². The van der Waals surface area contributed by atoms with Gasteiger partial charge in [0.25, 0.3) is 0 Å². The lowest BCUT2D eigenvalue weighted by atomic mass is 10.1. The molecule has 4 nitrogen and oxygen atoms in total. The smallest absolute Gasteiger partial charge is 0.238 e. The fourth-order valence-corrected chi connectivity index (χ4v) is 2.46. The van der Waals surface area contributed by atoms with Gasteiger partial charge in [-0.15, -0.1) is 0 Å². The van der Waals surface area contributed by atoms with Crippen molar-refractivity contribution in [2.24, 2.45) is 0 Å². The maximum atomic E-state index is 12.0. The molecule has 2 N–H and O–H groups in total. The Balaban J connectivity index is 1.57. The fraction of sp³-hybridized carbons (Fsp3) is 0.188. The van der Waals surface area contributed by atoms with Crippen LogP contribution in [0, 0.1) is 0 Å². The third-order valence-corrected chi connectivity index (χ3v) is 3.42. The molecule has 1 amide bonds. The molecule has 3 rings (SSSR count). The molecule has 2 aromatic rings.